The average molecular weight is 480 g/mol. The molecule has 0 unspecified atom stereocenters. The van der Waals surface area contributed by atoms with Crippen LogP contribution in [0.4, 0.5) is 5.69 Å². The Morgan fingerprint density at radius 3 is 2.28 bits per heavy atom. The summed E-state index contributed by atoms with van der Waals surface area (Å²) in [5.74, 6) is 0.144. The number of rotatable bonds is 5. The quantitative estimate of drug-likeness (QED) is 0.665. The summed E-state index contributed by atoms with van der Waals surface area (Å²) in [5.41, 5.74) is 3.16. The topological polar surface area (TPSA) is 101 Å². The van der Waals surface area contributed by atoms with Gasteiger partial charge in [-0.05, 0) is 54.4 Å². The molecule has 0 aliphatic carbocycles. The Morgan fingerprint density at radius 1 is 0.938 bits per heavy atom. The van der Waals surface area contributed by atoms with E-state index in [0.717, 1.165) is 24.3 Å². The van der Waals surface area contributed by atoms with Crippen LogP contribution in [0.5, 0.6) is 0 Å². The van der Waals surface area contributed by atoms with Gasteiger partial charge >= 0.3 is 0 Å². The minimum Gasteiger partial charge on any atom is -0.412 e. The van der Waals surface area contributed by atoms with Gasteiger partial charge < -0.3 is 15.7 Å². The third-order valence-electron chi connectivity index (χ3n) is 5.73. The third-order valence-corrected chi connectivity index (χ3v) is 5.98. The van der Waals surface area contributed by atoms with Crippen LogP contribution in [0.15, 0.2) is 42.5 Å². The van der Waals surface area contributed by atoms with E-state index < -0.39 is 0 Å². The van der Waals surface area contributed by atoms with Crippen LogP contribution in [0.3, 0.4) is 0 Å². The lowest BCUT2D eigenvalue weighted by Crippen LogP contribution is -2.49. The highest BCUT2D eigenvalue weighted by Gasteiger charge is 2.24. The summed E-state index contributed by atoms with van der Waals surface area (Å²) in [4.78, 5) is 40.8. The highest BCUT2D eigenvalue weighted by molar-refractivity contribution is 6.30. The summed E-state index contributed by atoms with van der Waals surface area (Å²) >= 11 is 5.87. The number of hydrogen-bond acceptors (Lipinski definition) is 4. The number of anilines is 1. The predicted octanol–water partition coefficient (Wildman–Crippen LogP) is 2.85. The Hall–Kier alpha value is -2.45. The Morgan fingerprint density at radius 2 is 1.59 bits per heavy atom. The van der Waals surface area contributed by atoms with Gasteiger partial charge in [0.2, 0.25) is 5.91 Å². The molecule has 2 heterocycles. The zero-order chi connectivity index (χ0) is 21.1. The lowest BCUT2D eigenvalue weighted by Gasteiger charge is -2.34. The van der Waals surface area contributed by atoms with Crippen LogP contribution in [-0.2, 0) is 11.2 Å². The van der Waals surface area contributed by atoms with Gasteiger partial charge in [0.1, 0.15) is 0 Å². The molecule has 1 saturated heterocycles. The largest absolute Gasteiger partial charge is 0.412 e. The molecule has 0 atom stereocenters. The summed E-state index contributed by atoms with van der Waals surface area (Å²) in [6.07, 6.45) is 1.57. The Labute approximate surface area is 198 Å². The Balaban J connectivity index is 0.00000181. The first-order valence-electron chi connectivity index (χ1n) is 10.2. The number of aryl methyl sites for hydroxylation is 1. The molecule has 2 amide bonds. The number of amides is 2. The number of piperazine rings is 1. The van der Waals surface area contributed by atoms with Gasteiger partial charge in [0.05, 0.1) is 0 Å². The molecule has 0 saturated carbocycles. The molecule has 2 aliphatic heterocycles. The van der Waals surface area contributed by atoms with Crippen molar-refractivity contribution in [1.82, 2.24) is 9.80 Å². The Bertz CT molecular complexity index is 974. The van der Waals surface area contributed by atoms with Gasteiger partial charge in [-0.3, -0.25) is 19.3 Å². The van der Waals surface area contributed by atoms with Gasteiger partial charge in [0.15, 0.2) is 5.78 Å². The molecule has 2 aliphatic rings. The molecular weight excluding hydrogens is 453 g/mol. The normalized spacial score (nSPS) is 15.7. The number of carbonyl (C=O) groups excluding carboxylic acids is 3. The number of carbonyl (C=O) groups is 3. The van der Waals surface area contributed by atoms with Crippen molar-refractivity contribution in [2.24, 2.45) is 0 Å². The van der Waals surface area contributed by atoms with Crippen molar-refractivity contribution in [3.63, 3.8) is 0 Å². The van der Waals surface area contributed by atoms with E-state index >= 15 is 0 Å². The van der Waals surface area contributed by atoms with Crippen LogP contribution in [-0.4, -0.2) is 65.6 Å². The maximum Gasteiger partial charge on any atom is 0.253 e. The van der Waals surface area contributed by atoms with Gasteiger partial charge in [0.25, 0.3) is 5.91 Å². The molecule has 32 heavy (non-hydrogen) atoms. The molecule has 2 aromatic carbocycles. The molecule has 7 nitrogen and oxygen atoms in total. The number of nitrogens with one attached hydrogen (secondary N) is 1. The van der Waals surface area contributed by atoms with Crippen molar-refractivity contribution in [3.8, 4) is 0 Å². The molecular formula is C23H27Cl2N3O4. The molecule has 0 bridgehead atoms. The summed E-state index contributed by atoms with van der Waals surface area (Å²) < 4.78 is 0. The molecule has 1 fully saturated rings. The SMILES string of the molecule is Cl.O.O=C1CCc2cc(C(=O)N3CCN(CCC(=O)c4ccc(Cl)cc4)CC3)ccc2N1. The van der Waals surface area contributed by atoms with Gasteiger partial charge in [-0.2, -0.15) is 0 Å². The first-order chi connectivity index (χ1) is 14.5. The zero-order valence-corrected chi connectivity index (χ0v) is 19.2. The maximum absolute atomic E-state index is 12.9. The average Bonchev–Trinajstić information content (AvgIpc) is 2.77. The highest BCUT2D eigenvalue weighted by Crippen LogP contribution is 2.24. The molecule has 2 aromatic rings. The van der Waals surface area contributed by atoms with Gasteiger partial charge in [-0.25, -0.2) is 0 Å². The number of ketones is 1. The monoisotopic (exact) mass is 479 g/mol. The number of nitrogens with zero attached hydrogens (tertiary/aromatic N) is 2. The van der Waals surface area contributed by atoms with Gasteiger partial charge in [-0.15, -0.1) is 12.4 Å². The minimum absolute atomic E-state index is 0. The fraction of sp³-hybridized carbons (Fsp3) is 0.348. The van der Waals surface area contributed by atoms with E-state index in [1.54, 1.807) is 30.3 Å². The predicted molar refractivity (Wildman–Crippen MR) is 127 cm³/mol. The standard InChI is InChI=1S/C23H24ClN3O3.ClH.H2O/c24-19-5-1-16(2-6-19)21(28)9-10-26-11-13-27(14-12-26)23(30)18-3-7-20-17(15-18)4-8-22(29)25-20;;/h1-3,5-7,15H,4,8-14H2,(H,25,29);1H;1H2. The second kappa shape index (κ2) is 11.4. The maximum atomic E-state index is 12.9. The fourth-order valence-corrected chi connectivity index (χ4v) is 4.04. The summed E-state index contributed by atoms with van der Waals surface area (Å²) in [5, 5.41) is 3.47. The molecule has 4 rings (SSSR count). The van der Waals surface area contributed by atoms with Crippen molar-refractivity contribution < 1.29 is 19.9 Å². The van der Waals surface area contributed by atoms with E-state index in [-0.39, 0.29) is 35.5 Å². The second-order valence-corrected chi connectivity index (χ2v) is 8.17. The van der Waals surface area contributed by atoms with Gasteiger partial charge in [0, 0.05) is 67.4 Å². The Kier molecular flexibility index (Phi) is 9.21. The van der Waals surface area contributed by atoms with E-state index in [1.165, 1.54) is 0 Å². The molecule has 9 heteroatoms. The molecule has 172 valence electrons. The first-order valence-corrected chi connectivity index (χ1v) is 10.6. The lowest BCUT2D eigenvalue weighted by molar-refractivity contribution is -0.116. The number of halogens is 2. The second-order valence-electron chi connectivity index (χ2n) is 7.73. The van der Waals surface area contributed by atoms with Crippen LogP contribution in [0.1, 0.15) is 39.1 Å². The highest BCUT2D eigenvalue weighted by atomic mass is 35.5. The van der Waals surface area contributed by atoms with E-state index in [9.17, 15) is 14.4 Å². The summed E-state index contributed by atoms with van der Waals surface area (Å²) in [6, 6.07) is 12.5. The van der Waals surface area contributed by atoms with Crippen molar-refractivity contribution >= 4 is 47.3 Å². The van der Waals surface area contributed by atoms with E-state index in [0.29, 0.717) is 55.0 Å². The van der Waals surface area contributed by atoms with Crippen molar-refractivity contribution in [1.29, 1.82) is 0 Å². The fourth-order valence-electron chi connectivity index (χ4n) is 3.91. The van der Waals surface area contributed by atoms with E-state index in [2.05, 4.69) is 10.2 Å². The van der Waals surface area contributed by atoms with Crippen LogP contribution in [0.25, 0.3) is 0 Å². The van der Waals surface area contributed by atoms with Crippen molar-refractivity contribution in [2.45, 2.75) is 19.3 Å². The molecule has 0 spiro atoms. The zero-order valence-electron chi connectivity index (χ0n) is 17.6. The third kappa shape index (κ3) is 6.07. The number of fused-ring (bicyclic) bond motifs is 1. The number of Topliss-reactive ketones (excluding diaryl/α,β-unsaturated/α-hetero) is 1. The smallest absolute Gasteiger partial charge is 0.253 e. The van der Waals surface area contributed by atoms with Crippen LogP contribution >= 0.6 is 24.0 Å². The molecule has 3 N–H and O–H groups in total. The van der Waals surface area contributed by atoms with Crippen LogP contribution in [0.2, 0.25) is 5.02 Å². The lowest BCUT2D eigenvalue weighted by atomic mass is 10.00. The van der Waals surface area contributed by atoms with Crippen LogP contribution in [0, 0.1) is 0 Å². The van der Waals surface area contributed by atoms with Crippen molar-refractivity contribution in [2.75, 3.05) is 38.0 Å². The van der Waals surface area contributed by atoms with E-state index in [4.69, 9.17) is 11.6 Å². The molecule has 0 aromatic heterocycles. The van der Waals surface area contributed by atoms with Crippen molar-refractivity contribution in [3.05, 3.63) is 64.2 Å². The van der Waals surface area contributed by atoms with E-state index in [1.807, 2.05) is 17.0 Å². The van der Waals surface area contributed by atoms with Gasteiger partial charge in [-0.1, -0.05) is 11.6 Å². The molecule has 0 radical (unpaired) electrons. The minimum atomic E-state index is 0. The van der Waals surface area contributed by atoms with Crippen LogP contribution < -0.4 is 5.32 Å². The first kappa shape index (κ1) is 25.8. The summed E-state index contributed by atoms with van der Waals surface area (Å²) in [7, 11) is 0. The number of benzene rings is 2. The number of hydrogen-bond donors (Lipinski definition) is 1. The summed E-state index contributed by atoms with van der Waals surface area (Å²) in [6.45, 7) is 3.47.